The van der Waals surface area contributed by atoms with E-state index < -0.39 is 0 Å². The van der Waals surface area contributed by atoms with Crippen LogP contribution in [0.2, 0.25) is 0 Å². The third kappa shape index (κ3) is 4.54. The second kappa shape index (κ2) is 8.81. The summed E-state index contributed by atoms with van der Waals surface area (Å²) >= 11 is 0. The normalized spacial score (nSPS) is 14.1. The number of benzene rings is 3. The summed E-state index contributed by atoms with van der Waals surface area (Å²) in [5.74, 6) is 1.50. The second-order valence-corrected chi connectivity index (χ2v) is 8.98. The molecule has 1 aliphatic heterocycles. The molecule has 33 heavy (non-hydrogen) atoms. The average molecular weight is 448 g/mol. The molecule has 0 bridgehead atoms. The van der Waals surface area contributed by atoms with Crippen molar-refractivity contribution in [2.24, 2.45) is 0 Å². The lowest BCUT2D eigenvalue weighted by atomic mass is 9.85. The average Bonchev–Trinajstić information content (AvgIpc) is 2.76. The molecule has 4 nitrogen and oxygen atoms in total. The van der Waals surface area contributed by atoms with E-state index in [2.05, 4.69) is 38.2 Å². The van der Waals surface area contributed by atoms with Gasteiger partial charge in [-0.2, -0.15) is 0 Å². The second-order valence-electron chi connectivity index (χ2n) is 8.98. The minimum absolute atomic E-state index is 0.163. The van der Waals surface area contributed by atoms with Crippen molar-refractivity contribution in [3.63, 3.8) is 0 Å². The fraction of sp³-hybridized carbons (Fsp3) is 0.286. The molecular formula is C28H30FNO3. The van der Waals surface area contributed by atoms with E-state index >= 15 is 0 Å². The van der Waals surface area contributed by atoms with Crippen LogP contribution >= 0.6 is 0 Å². The molecule has 3 aromatic carbocycles. The van der Waals surface area contributed by atoms with Gasteiger partial charge in [0.05, 0.1) is 19.8 Å². The molecule has 0 saturated heterocycles. The monoisotopic (exact) mass is 447 g/mol. The van der Waals surface area contributed by atoms with Gasteiger partial charge < -0.3 is 19.5 Å². The van der Waals surface area contributed by atoms with Crippen molar-refractivity contribution in [2.75, 3.05) is 19.5 Å². The van der Waals surface area contributed by atoms with Gasteiger partial charge >= 0.3 is 0 Å². The maximum atomic E-state index is 13.9. The number of halogens is 1. The molecule has 5 heteroatoms. The van der Waals surface area contributed by atoms with Crippen molar-refractivity contribution >= 4 is 11.3 Å². The molecule has 4 rings (SSSR count). The Labute approximate surface area is 195 Å². The molecule has 0 aromatic heterocycles. The lowest BCUT2D eigenvalue weighted by Crippen LogP contribution is -2.32. The minimum Gasteiger partial charge on any atom is -0.496 e. The highest BCUT2D eigenvalue weighted by atomic mass is 19.1. The van der Waals surface area contributed by atoms with Gasteiger partial charge in [0, 0.05) is 28.4 Å². The van der Waals surface area contributed by atoms with Crippen LogP contribution < -0.4 is 19.5 Å². The van der Waals surface area contributed by atoms with E-state index in [1.807, 2.05) is 31.2 Å². The Bertz CT molecular complexity index is 1230. The zero-order valence-corrected chi connectivity index (χ0v) is 20.0. The fourth-order valence-electron chi connectivity index (χ4n) is 4.54. The molecule has 0 spiro atoms. The van der Waals surface area contributed by atoms with Gasteiger partial charge in [0.1, 0.15) is 18.2 Å². The predicted octanol–water partition coefficient (Wildman–Crippen LogP) is 7.00. The number of nitrogens with one attached hydrogen (secondary N) is 1. The number of hydrogen-bond acceptors (Lipinski definition) is 4. The molecule has 0 radical (unpaired) electrons. The van der Waals surface area contributed by atoms with Crippen molar-refractivity contribution in [3.05, 3.63) is 77.1 Å². The Balaban J connectivity index is 1.87. The number of ether oxygens (including phenoxy) is 3. The van der Waals surface area contributed by atoms with Crippen LogP contribution in [0.25, 0.3) is 16.7 Å². The molecular weight excluding hydrogens is 417 g/mol. The third-order valence-corrected chi connectivity index (χ3v) is 5.89. The number of rotatable bonds is 6. The van der Waals surface area contributed by atoms with Crippen molar-refractivity contribution in [1.29, 1.82) is 0 Å². The molecule has 172 valence electrons. The number of methoxy groups -OCH3 is 2. The van der Waals surface area contributed by atoms with E-state index in [4.69, 9.17) is 14.2 Å². The van der Waals surface area contributed by atoms with Gasteiger partial charge in [-0.15, -0.1) is 0 Å². The van der Waals surface area contributed by atoms with Gasteiger partial charge in [-0.25, -0.2) is 4.39 Å². The van der Waals surface area contributed by atoms with E-state index in [0.29, 0.717) is 23.9 Å². The zero-order chi connectivity index (χ0) is 23.8. The van der Waals surface area contributed by atoms with Crippen LogP contribution in [0.15, 0.2) is 54.6 Å². The lowest BCUT2D eigenvalue weighted by Gasteiger charge is -2.33. The minimum atomic E-state index is -0.338. The molecule has 1 aliphatic rings. The maximum Gasteiger partial charge on any atom is 0.161 e. The van der Waals surface area contributed by atoms with E-state index in [-0.39, 0.29) is 11.4 Å². The van der Waals surface area contributed by atoms with Gasteiger partial charge in [-0.3, -0.25) is 0 Å². The first kappa shape index (κ1) is 22.7. The lowest BCUT2D eigenvalue weighted by molar-refractivity contribution is 0.284. The number of aryl methyl sites for hydroxylation is 1. The Hall–Kier alpha value is -3.47. The van der Waals surface area contributed by atoms with Crippen molar-refractivity contribution < 1.29 is 18.6 Å². The van der Waals surface area contributed by atoms with Crippen molar-refractivity contribution in [1.82, 2.24) is 0 Å². The van der Waals surface area contributed by atoms with Crippen molar-refractivity contribution in [2.45, 2.75) is 39.8 Å². The summed E-state index contributed by atoms with van der Waals surface area (Å²) in [6.07, 6.45) is 2.22. The van der Waals surface area contributed by atoms with E-state index in [0.717, 1.165) is 39.1 Å². The molecule has 1 N–H and O–H groups in total. The summed E-state index contributed by atoms with van der Waals surface area (Å²) in [7, 11) is 3.19. The first-order chi connectivity index (χ1) is 15.7. The smallest absolute Gasteiger partial charge is 0.161 e. The molecule has 0 fully saturated rings. The number of hydrogen-bond donors (Lipinski definition) is 1. The fourth-order valence-corrected chi connectivity index (χ4v) is 4.54. The molecule has 0 saturated carbocycles. The molecule has 0 unspecified atom stereocenters. The molecule has 1 heterocycles. The number of fused-ring (bicyclic) bond motifs is 1. The highest BCUT2D eigenvalue weighted by molar-refractivity contribution is 5.88. The summed E-state index contributed by atoms with van der Waals surface area (Å²) in [5.41, 5.74) is 6.96. The largest absolute Gasteiger partial charge is 0.496 e. The maximum absolute atomic E-state index is 13.9. The Morgan fingerprint density at radius 1 is 0.848 bits per heavy atom. The summed E-state index contributed by atoms with van der Waals surface area (Å²) in [6, 6.07) is 14.6. The highest BCUT2D eigenvalue weighted by Crippen LogP contribution is 2.43. The molecule has 0 amide bonds. The van der Waals surface area contributed by atoms with Gasteiger partial charge in [0.25, 0.3) is 0 Å². The predicted molar refractivity (Wildman–Crippen MR) is 132 cm³/mol. The molecule has 3 aromatic rings. The van der Waals surface area contributed by atoms with Crippen LogP contribution in [-0.2, 0) is 6.61 Å². The Kier molecular flexibility index (Phi) is 6.07. The van der Waals surface area contributed by atoms with Crippen LogP contribution in [0, 0.1) is 12.7 Å². The van der Waals surface area contributed by atoms with Crippen LogP contribution in [0.5, 0.6) is 17.2 Å². The van der Waals surface area contributed by atoms with Crippen LogP contribution in [0.4, 0.5) is 10.1 Å². The number of anilines is 1. The SMILES string of the molecule is COc1ccc(C)cc1OCc1c(-c2ccc(F)cc2OC)ccc2c1C(C)=CC(C)(C)N2. The van der Waals surface area contributed by atoms with Gasteiger partial charge in [0.2, 0.25) is 0 Å². The zero-order valence-electron chi connectivity index (χ0n) is 20.0. The molecule has 0 aliphatic carbocycles. The number of allylic oxidation sites excluding steroid dienone is 1. The quantitative estimate of drug-likeness (QED) is 0.441. The van der Waals surface area contributed by atoms with Crippen molar-refractivity contribution in [3.8, 4) is 28.4 Å². The summed E-state index contributed by atoms with van der Waals surface area (Å²) in [5, 5.41) is 3.61. The first-order valence-corrected chi connectivity index (χ1v) is 11.0. The summed E-state index contributed by atoms with van der Waals surface area (Å²) < 4.78 is 31.3. The summed E-state index contributed by atoms with van der Waals surface area (Å²) in [6.45, 7) is 8.73. The van der Waals surface area contributed by atoms with Gasteiger partial charge in [-0.05, 0) is 74.7 Å². The Morgan fingerprint density at radius 2 is 1.58 bits per heavy atom. The Morgan fingerprint density at radius 3 is 2.30 bits per heavy atom. The highest BCUT2D eigenvalue weighted by Gasteiger charge is 2.27. The van der Waals surface area contributed by atoms with Crippen LogP contribution in [0.1, 0.15) is 37.5 Å². The van der Waals surface area contributed by atoms with Gasteiger partial charge in [0.15, 0.2) is 11.5 Å². The third-order valence-electron chi connectivity index (χ3n) is 5.89. The standard InChI is InChI=1S/C28H30FNO3/c1-17-7-12-24(31-5)26(13-17)33-16-22-20(21-9-8-19(29)14-25(21)32-6)10-11-23-27(22)18(2)15-28(3,4)30-23/h7-15,30H,16H2,1-6H3. The van der Waals surface area contributed by atoms with Gasteiger partial charge in [-0.1, -0.05) is 18.2 Å². The van der Waals surface area contributed by atoms with E-state index in [9.17, 15) is 4.39 Å². The van der Waals surface area contributed by atoms with Crippen LogP contribution in [0.3, 0.4) is 0 Å². The first-order valence-electron chi connectivity index (χ1n) is 11.0. The van der Waals surface area contributed by atoms with E-state index in [1.165, 1.54) is 12.1 Å². The topological polar surface area (TPSA) is 39.7 Å². The molecule has 0 atom stereocenters. The van der Waals surface area contributed by atoms with Crippen LogP contribution in [-0.4, -0.2) is 19.8 Å². The van der Waals surface area contributed by atoms with E-state index in [1.54, 1.807) is 20.3 Å². The summed E-state index contributed by atoms with van der Waals surface area (Å²) in [4.78, 5) is 0.